The van der Waals surface area contributed by atoms with Crippen molar-refractivity contribution in [2.24, 2.45) is 0 Å². The predicted molar refractivity (Wildman–Crippen MR) is 130 cm³/mol. The number of ether oxygens (including phenoxy) is 1. The Kier molecular flexibility index (Phi) is 7.33. The van der Waals surface area contributed by atoms with Crippen LogP contribution in [0.2, 0.25) is 5.02 Å². The van der Waals surface area contributed by atoms with Crippen molar-refractivity contribution < 1.29 is 9.13 Å². The van der Waals surface area contributed by atoms with E-state index < -0.39 is 0 Å². The van der Waals surface area contributed by atoms with Crippen LogP contribution in [0, 0.1) is 19.7 Å². The van der Waals surface area contributed by atoms with Crippen molar-refractivity contribution in [2.45, 2.75) is 26.4 Å². The third-order valence-corrected chi connectivity index (χ3v) is 6.45. The minimum absolute atomic E-state index is 0.190. The summed E-state index contributed by atoms with van der Waals surface area (Å²) >= 11 is 6.39. The number of anilines is 1. The highest BCUT2D eigenvalue weighted by molar-refractivity contribution is 6.32. The molecular formula is C27H30ClFN2O. The summed E-state index contributed by atoms with van der Waals surface area (Å²) < 4.78 is 19.9. The standard InChI is InChI=1S/C27H30ClFN2O/c1-20-7-12-24(28)27(19-20)32-26(22-8-10-23(29)11-9-22)13-14-30-15-17-31(18-16-30)25-6-4-3-5-21(25)2/h3-12,19,26H,13-18H2,1-2H3/t26-/m0/s1. The first-order valence-electron chi connectivity index (χ1n) is 11.2. The maximum atomic E-state index is 13.5. The van der Waals surface area contributed by atoms with Crippen LogP contribution in [0.5, 0.6) is 5.75 Å². The van der Waals surface area contributed by atoms with Gasteiger partial charge < -0.3 is 9.64 Å². The van der Waals surface area contributed by atoms with Crippen LogP contribution in [0.1, 0.15) is 29.2 Å². The van der Waals surface area contributed by atoms with Gasteiger partial charge in [-0.15, -0.1) is 0 Å². The minimum atomic E-state index is -0.242. The van der Waals surface area contributed by atoms with Crippen LogP contribution >= 0.6 is 11.6 Å². The molecule has 4 rings (SSSR count). The fourth-order valence-electron chi connectivity index (χ4n) is 4.26. The molecule has 0 bridgehead atoms. The molecule has 0 aromatic heterocycles. The Morgan fingerprint density at radius 1 is 0.938 bits per heavy atom. The molecule has 1 atom stereocenters. The van der Waals surface area contributed by atoms with Crippen LogP contribution in [-0.2, 0) is 0 Å². The normalized spacial score (nSPS) is 15.6. The van der Waals surface area contributed by atoms with Gasteiger partial charge >= 0.3 is 0 Å². The number of halogens is 2. The number of nitrogens with zero attached hydrogens (tertiary/aromatic N) is 2. The van der Waals surface area contributed by atoms with Gasteiger partial charge in [0.2, 0.25) is 0 Å². The van der Waals surface area contributed by atoms with Gasteiger partial charge in [-0.05, 0) is 60.9 Å². The Bertz CT molecular complexity index is 1030. The van der Waals surface area contributed by atoms with Crippen molar-refractivity contribution in [1.29, 1.82) is 0 Å². The third-order valence-electron chi connectivity index (χ3n) is 6.13. The van der Waals surface area contributed by atoms with Crippen LogP contribution in [0.15, 0.2) is 66.7 Å². The highest BCUT2D eigenvalue weighted by atomic mass is 35.5. The maximum absolute atomic E-state index is 13.5. The van der Waals surface area contributed by atoms with Crippen molar-refractivity contribution in [1.82, 2.24) is 4.90 Å². The first-order valence-corrected chi connectivity index (χ1v) is 11.6. The van der Waals surface area contributed by atoms with Crippen molar-refractivity contribution in [3.63, 3.8) is 0 Å². The molecule has 0 N–H and O–H groups in total. The number of hydrogen-bond acceptors (Lipinski definition) is 3. The molecular weight excluding hydrogens is 423 g/mol. The molecule has 1 aliphatic rings. The molecule has 1 heterocycles. The second-order valence-electron chi connectivity index (χ2n) is 8.50. The van der Waals surface area contributed by atoms with Crippen LogP contribution in [0.25, 0.3) is 0 Å². The number of para-hydroxylation sites is 1. The monoisotopic (exact) mass is 452 g/mol. The molecule has 0 aliphatic carbocycles. The van der Waals surface area contributed by atoms with Crippen molar-refractivity contribution in [2.75, 3.05) is 37.6 Å². The number of piperazine rings is 1. The average Bonchev–Trinajstić information content (AvgIpc) is 2.80. The molecule has 3 aromatic rings. The molecule has 0 unspecified atom stereocenters. The first-order chi connectivity index (χ1) is 15.5. The summed E-state index contributed by atoms with van der Waals surface area (Å²) in [7, 11) is 0. The Labute approximate surface area is 195 Å². The van der Waals surface area contributed by atoms with E-state index in [0.717, 1.165) is 50.3 Å². The lowest BCUT2D eigenvalue weighted by molar-refractivity contribution is 0.160. The van der Waals surface area contributed by atoms with E-state index in [0.29, 0.717) is 10.8 Å². The number of aryl methyl sites for hydroxylation is 2. The molecule has 5 heteroatoms. The summed E-state index contributed by atoms with van der Waals surface area (Å²) in [6, 6.07) is 20.9. The van der Waals surface area contributed by atoms with Crippen molar-refractivity contribution >= 4 is 17.3 Å². The third kappa shape index (κ3) is 5.62. The van der Waals surface area contributed by atoms with Gasteiger partial charge in [-0.3, -0.25) is 4.90 Å². The number of hydrogen-bond donors (Lipinski definition) is 0. The van der Waals surface area contributed by atoms with E-state index in [4.69, 9.17) is 16.3 Å². The van der Waals surface area contributed by atoms with Crippen LogP contribution < -0.4 is 9.64 Å². The molecule has 1 fully saturated rings. The van der Waals surface area contributed by atoms with Gasteiger partial charge in [0.05, 0.1) is 5.02 Å². The van der Waals surface area contributed by atoms with Gasteiger partial charge in [0.15, 0.2) is 0 Å². The smallest absolute Gasteiger partial charge is 0.139 e. The Morgan fingerprint density at radius 3 is 2.38 bits per heavy atom. The van der Waals surface area contributed by atoms with Crippen LogP contribution in [-0.4, -0.2) is 37.6 Å². The van der Waals surface area contributed by atoms with Crippen LogP contribution in [0.3, 0.4) is 0 Å². The molecule has 0 radical (unpaired) electrons. The zero-order chi connectivity index (χ0) is 22.5. The fraction of sp³-hybridized carbons (Fsp3) is 0.333. The Morgan fingerprint density at radius 2 is 1.66 bits per heavy atom. The topological polar surface area (TPSA) is 15.7 Å². The van der Waals surface area contributed by atoms with E-state index in [1.807, 2.05) is 25.1 Å². The van der Waals surface area contributed by atoms with Gasteiger partial charge in [0.1, 0.15) is 17.7 Å². The predicted octanol–water partition coefficient (Wildman–Crippen LogP) is 6.43. The second-order valence-corrected chi connectivity index (χ2v) is 8.90. The highest BCUT2D eigenvalue weighted by Gasteiger charge is 2.21. The largest absolute Gasteiger partial charge is 0.484 e. The van der Waals surface area contributed by atoms with Gasteiger partial charge in [-0.1, -0.05) is 48.0 Å². The van der Waals surface area contributed by atoms with Gasteiger partial charge in [0, 0.05) is 44.8 Å². The average molecular weight is 453 g/mol. The number of benzene rings is 3. The van der Waals surface area contributed by atoms with E-state index in [9.17, 15) is 4.39 Å². The summed E-state index contributed by atoms with van der Waals surface area (Å²) in [5.41, 5.74) is 4.70. The molecule has 168 valence electrons. The van der Waals surface area contributed by atoms with E-state index in [1.165, 1.54) is 23.4 Å². The fourth-order valence-corrected chi connectivity index (χ4v) is 4.42. The second kappa shape index (κ2) is 10.4. The van der Waals surface area contributed by atoms with Crippen molar-refractivity contribution in [3.05, 3.63) is 94.3 Å². The maximum Gasteiger partial charge on any atom is 0.139 e. The first kappa shape index (κ1) is 22.6. The van der Waals surface area contributed by atoms with Gasteiger partial charge in [-0.2, -0.15) is 0 Å². The Balaban J connectivity index is 1.41. The van der Waals surface area contributed by atoms with Crippen molar-refractivity contribution in [3.8, 4) is 5.75 Å². The lowest BCUT2D eigenvalue weighted by atomic mass is 10.1. The summed E-state index contributed by atoms with van der Waals surface area (Å²) in [6.07, 6.45) is 0.615. The van der Waals surface area contributed by atoms with Gasteiger partial charge in [0.25, 0.3) is 0 Å². The minimum Gasteiger partial charge on any atom is -0.484 e. The van der Waals surface area contributed by atoms with E-state index >= 15 is 0 Å². The highest BCUT2D eigenvalue weighted by Crippen LogP contribution is 2.32. The van der Waals surface area contributed by atoms with Crippen LogP contribution in [0.4, 0.5) is 10.1 Å². The Hall–Kier alpha value is -2.56. The molecule has 0 amide bonds. The molecule has 1 saturated heterocycles. The lowest BCUT2D eigenvalue weighted by Crippen LogP contribution is -2.47. The molecule has 1 aliphatic heterocycles. The summed E-state index contributed by atoms with van der Waals surface area (Å²) in [4.78, 5) is 4.94. The SMILES string of the molecule is Cc1ccc(Cl)c(O[C@@H](CCN2CCN(c3ccccc3C)CC2)c2ccc(F)cc2)c1. The number of rotatable bonds is 7. The molecule has 0 saturated carbocycles. The molecule has 3 nitrogen and oxygen atoms in total. The summed E-state index contributed by atoms with van der Waals surface area (Å²) in [5, 5.41) is 0.592. The summed E-state index contributed by atoms with van der Waals surface area (Å²) in [6.45, 7) is 9.14. The zero-order valence-corrected chi connectivity index (χ0v) is 19.5. The van der Waals surface area contributed by atoms with E-state index in [1.54, 1.807) is 12.1 Å². The van der Waals surface area contributed by atoms with E-state index in [2.05, 4.69) is 41.0 Å². The molecule has 0 spiro atoms. The quantitative estimate of drug-likeness (QED) is 0.411. The van der Waals surface area contributed by atoms with E-state index in [-0.39, 0.29) is 11.9 Å². The molecule has 3 aromatic carbocycles. The summed E-state index contributed by atoms with van der Waals surface area (Å²) in [5.74, 6) is 0.429. The lowest BCUT2D eigenvalue weighted by Gasteiger charge is -2.37. The molecule has 32 heavy (non-hydrogen) atoms. The van der Waals surface area contributed by atoms with Gasteiger partial charge in [-0.25, -0.2) is 4.39 Å². The zero-order valence-electron chi connectivity index (χ0n) is 18.7.